The SMILES string of the molecule is O=C(CNCc1ccccc1Br)NCC(F)(F)F. The number of amides is 1. The summed E-state index contributed by atoms with van der Waals surface area (Å²) < 4.78 is 36.3. The normalized spacial score (nSPS) is 11.3. The van der Waals surface area contributed by atoms with E-state index in [1.165, 1.54) is 0 Å². The Morgan fingerprint density at radius 1 is 1.28 bits per heavy atom. The Bertz CT molecular complexity index is 410. The average molecular weight is 325 g/mol. The first-order valence-electron chi connectivity index (χ1n) is 5.16. The highest BCUT2D eigenvalue weighted by Crippen LogP contribution is 2.15. The van der Waals surface area contributed by atoms with Crippen LogP contribution < -0.4 is 10.6 Å². The number of carbonyl (C=O) groups excluding carboxylic acids is 1. The first-order chi connectivity index (χ1) is 8.38. The van der Waals surface area contributed by atoms with Crippen molar-refractivity contribution < 1.29 is 18.0 Å². The van der Waals surface area contributed by atoms with Crippen molar-refractivity contribution in [2.24, 2.45) is 0 Å². The van der Waals surface area contributed by atoms with Crippen LogP contribution in [0.1, 0.15) is 5.56 Å². The second kappa shape index (κ2) is 6.75. The van der Waals surface area contributed by atoms with Gasteiger partial charge in [0.1, 0.15) is 6.54 Å². The minimum atomic E-state index is -4.38. The van der Waals surface area contributed by atoms with Gasteiger partial charge in [-0.25, -0.2) is 0 Å². The summed E-state index contributed by atoms with van der Waals surface area (Å²) in [6.07, 6.45) is -4.38. The van der Waals surface area contributed by atoms with Crippen LogP contribution in [0.15, 0.2) is 28.7 Å². The molecule has 3 nitrogen and oxygen atoms in total. The van der Waals surface area contributed by atoms with E-state index in [9.17, 15) is 18.0 Å². The van der Waals surface area contributed by atoms with Gasteiger partial charge in [0, 0.05) is 11.0 Å². The van der Waals surface area contributed by atoms with Gasteiger partial charge in [-0.05, 0) is 11.6 Å². The zero-order valence-corrected chi connectivity index (χ0v) is 10.9. The summed E-state index contributed by atoms with van der Waals surface area (Å²) in [6, 6.07) is 7.39. The van der Waals surface area contributed by atoms with Gasteiger partial charge in [0.25, 0.3) is 0 Å². The lowest BCUT2D eigenvalue weighted by Crippen LogP contribution is -2.39. The van der Waals surface area contributed by atoms with Gasteiger partial charge >= 0.3 is 6.18 Å². The average Bonchev–Trinajstić information content (AvgIpc) is 2.28. The molecule has 0 atom stereocenters. The van der Waals surface area contributed by atoms with E-state index in [0.717, 1.165) is 10.0 Å². The molecule has 0 bridgehead atoms. The van der Waals surface area contributed by atoms with E-state index in [-0.39, 0.29) is 6.54 Å². The van der Waals surface area contributed by atoms with E-state index in [2.05, 4.69) is 21.2 Å². The molecule has 0 radical (unpaired) electrons. The van der Waals surface area contributed by atoms with Crippen molar-refractivity contribution in [3.8, 4) is 0 Å². The van der Waals surface area contributed by atoms with Gasteiger partial charge in [-0.2, -0.15) is 13.2 Å². The van der Waals surface area contributed by atoms with Crippen LogP contribution in [0.2, 0.25) is 0 Å². The number of alkyl halides is 3. The van der Waals surface area contributed by atoms with Crippen molar-refractivity contribution in [1.29, 1.82) is 0 Å². The van der Waals surface area contributed by atoms with Crippen molar-refractivity contribution in [2.75, 3.05) is 13.1 Å². The summed E-state index contributed by atoms with van der Waals surface area (Å²) in [7, 11) is 0. The molecule has 0 heterocycles. The van der Waals surface area contributed by atoms with Crippen LogP contribution >= 0.6 is 15.9 Å². The number of halogens is 4. The predicted molar refractivity (Wildman–Crippen MR) is 64.9 cm³/mol. The zero-order valence-electron chi connectivity index (χ0n) is 9.35. The van der Waals surface area contributed by atoms with Gasteiger partial charge in [0.05, 0.1) is 6.54 Å². The molecule has 1 aromatic carbocycles. The highest BCUT2D eigenvalue weighted by atomic mass is 79.9. The number of benzene rings is 1. The van der Waals surface area contributed by atoms with Crippen LogP contribution in [-0.2, 0) is 11.3 Å². The Morgan fingerprint density at radius 2 is 1.94 bits per heavy atom. The lowest BCUT2D eigenvalue weighted by molar-refractivity contribution is -0.137. The molecular formula is C11H12BrF3N2O. The first kappa shape index (κ1) is 15.0. The molecule has 0 spiro atoms. The number of hydrogen-bond donors (Lipinski definition) is 2. The van der Waals surface area contributed by atoms with Crippen LogP contribution in [0.3, 0.4) is 0 Å². The molecular weight excluding hydrogens is 313 g/mol. The van der Waals surface area contributed by atoms with Gasteiger partial charge in [0.2, 0.25) is 5.91 Å². The molecule has 0 unspecified atom stereocenters. The van der Waals surface area contributed by atoms with Crippen LogP contribution in [0.4, 0.5) is 13.2 Å². The molecule has 1 rings (SSSR count). The van der Waals surface area contributed by atoms with Gasteiger partial charge in [-0.1, -0.05) is 34.1 Å². The van der Waals surface area contributed by atoms with Gasteiger partial charge in [-0.3, -0.25) is 4.79 Å². The van der Waals surface area contributed by atoms with Gasteiger partial charge in [0.15, 0.2) is 0 Å². The fourth-order valence-corrected chi connectivity index (χ4v) is 1.64. The Balaban J connectivity index is 2.26. The Morgan fingerprint density at radius 3 is 2.56 bits per heavy atom. The van der Waals surface area contributed by atoms with Crippen molar-refractivity contribution in [3.05, 3.63) is 34.3 Å². The summed E-state index contributed by atoms with van der Waals surface area (Å²) in [5.41, 5.74) is 0.932. The number of rotatable bonds is 5. The topological polar surface area (TPSA) is 41.1 Å². The first-order valence-corrected chi connectivity index (χ1v) is 5.95. The molecule has 1 amide bonds. The number of nitrogens with one attached hydrogen (secondary N) is 2. The van der Waals surface area contributed by atoms with Gasteiger partial charge < -0.3 is 10.6 Å². The van der Waals surface area contributed by atoms with E-state index in [1.54, 1.807) is 5.32 Å². The summed E-state index contributed by atoms with van der Waals surface area (Å²) in [6.45, 7) is -1.05. The maximum Gasteiger partial charge on any atom is 0.405 e. The minimum absolute atomic E-state index is 0.155. The zero-order chi connectivity index (χ0) is 13.6. The highest BCUT2D eigenvalue weighted by Gasteiger charge is 2.27. The molecule has 0 saturated carbocycles. The predicted octanol–water partition coefficient (Wildman–Crippen LogP) is 2.22. The van der Waals surface area contributed by atoms with E-state index < -0.39 is 18.6 Å². The number of hydrogen-bond acceptors (Lipinski definition) is 2. The lowest BCUT2D eigenvalue weighted by atomic mass is 10.2. The van der Waals surface area contributed by atoms with Gasteiger partial charge in [-0.15, -0.1) is 0 Å². The maximum absolute atomic E-state index is 11.8. The third kappa shape index (κ3) is 6.02. The van der Waals surface area contributed by atoms with Crippen LogP contribution in [-0.4, -0.2) is 25.2 Å². The largest absolute Gasteiger partial charge is 0.405 e. The molecule has 18 heavy (non-hydrogen) atoms. The number of carbonyl (C=O) groups is 1. The van der Waals surface area contributed by atoms with E-state index >= 15 is 0 Å². The van der Waals surface area contributed by atoms with E-state index in [1.807, 2.05) is 24.3 Å². The Kier molecular flexibility index (Phi) is 5.61. The minimum Gasteiger partial charge on any atom is -0.346 e. The monoisotopic (exact) mass is 324 g/mol. The third-order valence-corrected chi connectivity index (χ3v) is 2.82. The quantitative estimate of drug-likeness (QED) is 0.872. The molecule has 0 fully saturated rings. The van der Waals surface area contributed by atoms with E-state index in [0.29, 0.717) is 6.54 Å². The van der Waals surface area contributed by atoms with Crippen LogP contribution in [0, 0.1) is 0 Å². The highest BCUT2D eigenvalue weighted by molar-refractivity contribution is 9.10. The molecule has 2 N–H and O–H groups in total. The standard InChI is InChI=1S/C11H12BrF3N2O/c12-9-4-2-1-3-8(9)5-16-6-10(18)17-7-11(13,14)15/h1-4,16H,5-7H2,(H,17,18). The summed E-state index contributed by atoms with van der Waals surface area (Å²) >= 11 is 3.33. The molecule has 7 heteroatoms. The molecule has 100 valence electrons. The third-order valence-electron chi connectivity index (χ3n) is 2.04. The summed E-state index contributed by atoms with van der Waals surface area (Å²) in [4.78, 5) is 11.1. The molecule has 0 aliphatic rings. The maximum atomic E-state index is 11.8. The van der Waals surface area contributed by atoms with Crippen molar-refractivity contribution in [3.63, 3.8) is 0 Å². The Labute approximate surface area is 111 Å². The fraction of sp³-hybridized carbons (Fsp3) is 0.364. The van der Waals surface area contributed by atoms with Crippen molar-refractivity contribution in [2.45, 2.75) is 12.7 Å². The summed E-state index contributed by atoms with van der Waals surface area (Å²) in [5, 5.41) is 4.55. The fourth-order valence-electron chi connectivity index (χ4n) is 1.21. The smallest absolute Gasteiger partial charge is 0.346 e. The van der Waals surface area contributed by atoms with Crippen molar-refractivity contribution in [1.82, 2.24) is 10.6 Å². The summed E-state index contributed by atoms with van der Waals surface area (Å²) in [5.74, 6) is -0.681. The van der Waals surface area contributed by atoms with Crippen LogP contribution in [0.25, 0.3) is 0 Å². The van der Waals surface area contributed by atoms with Crippen molar-refractivity contribution >= 4 is 21.8 Å². The van der Waals surface area contributed by atoms with Crippen LogP contribution in [0.5, 0.6) is 0 Å². The molecule has 0 aliphatic carbocycles. The lowest BCUT2D eigenvalue weighted by Gasteiger charge is -2.09. The molecule has 0 saturated heterocycles. The van der Waals surface area contributed by atoms with E-state index in [4.69, 9.17) is 0 Å². The second-order valence-electron chi connectivity index (χ2n) is 3.59. The molecule has 0 aromatic heterocycles. The molecule has 0 aliphatic heterocycles. The molecule has 1 aromatic rings. The Hall–Kier alpha value is -1.08. The second-order valence-corrected chi connectivity index (χ2v) is 4.44.